The van der Waals surface area contributed by atoms with E-state index in [1.54, 1.807) is 0 Å². The molecule has 1 atom stereocenters. The molecule has 0 saturated carbocycles. The highest BCUT2D eigenvalue weighted by atomic mass is 35.5. The Hall–Kier alpha value is -1.90. The SMILES string of the molecule is CC(Cn1ccc2c1-c1cccc(Cl)c1C2)N=[N+]=[N-]. The van der Waals surface area contributed by atoms with Gasteiger partial charge < -0.3 is 4.57 Å². The molecular weight excluding hydrogens is 260 g/mol. The van der Waals surface area contributed by atoms with Crippen LogP contribution in [0.1, 0.15) is 18.1 Å². The summed E-state index contributed by atoms with van der Waals surface area (Å²) in [6.45, 7) is 2.60. The normalized spacial score (nSPS) is 13.6. The summed E-state index contributed by atoms with van der Waals surface area (Å²) in [5.74, 6) is 0. The summed E-state index contributed by atoms with van der Waals surface area (Å²) >= 11 is 6.25. The van der Waals surface area contributed by atoms with Gasteiger partial charge in [-0.15, -0.1) is 0 Å². The smallest absolute Gasteiger partial charge is 0.0525 e. The van der Waals surface area contributed by atoms with Crippen LogP contribution >= 0.6 is 11.6 Å². The summed E-state index contributed by atoms with van der Waals surface area (Å²) in [4.78, 5) is 2.86. The maximum absolute atomic E-state index is 8.48. The highest BCUT2D eigenvalue weighted by Crippen LogP contribution is 2.40. The second-order valence-corrected chi connectivity index (χ2v) is 5.25. The van der Waals surface area contributed by atoms with E-state index >= 15 is 0 Å². The highest BCUT2D eigenvalue weighted by Gasteiger charge is 2.24. The lowest BCUT2D eigenvalue weighted by molar-refractivity contribution is 0.594. The summed E-state index contributed by atoms with van der Waals surface area (Å²) < 4.78 is 2.15. The minimum absolute atomic E-state index is 0.0651. The lowest BCUT2D eigenvalue weighted by Crippen LogP contribution is -2.09. The number of fused-ring (bicyclic) bond motifs is 3. The van der Waals surface area contributed by atoms with E-state index in [0.29, 0.717) is 6.54 Å². The maximum atomic E-state index is 8.48. The lowest BCUT2D eigenvalue weighted by atomic mass is 10.1. The Kier molecular flexibility index (Phi) is 2.97. The summed E-state index contributed by atoms with van der Waals surface area (Å²) in [7, 11) is 0. The molecule has 1 aromatic carbocycles. The molecule has 1 unspecified atom stereocenters. The molecule has 1 heterocycles. The van der Waals surface area contributed by atoms with Gasteiger partial charge in [0, 0.05) is 34.7 Å². The van der Waals surface area contributed by atoms with E-state index in [9.17, 15) is 0 Å². The summed E-state index contributed by atoms with van der Waals surface area (Å²) in [5, 5.41) is 4.55. The third-order valence-electron chi connectivity index (χ3n) is 3.50. The molecule has 0 amide bonds. The molecule has 96 valence electrons. The molecule has 2 aromatic rings. The van der Waals surface area contributed by atoms with Crippen molar-refractivity contribution >= 4 is 11.6 Å². The zero-order chi connectivity index (χ0) is 13.4. The van der Waals surface area contributed by atoms with Crippen molar-refractivity contribution in [2.75, 3.05) is 0 Å². The van der Waals surface area contributed by atoms with Crippen molar-refractivity contribution in [2.24, 2.45) is 5.11 Å². The van der Waals surface area contributed by atoms with E-state index in [2.05, 4.69) is 32.9 Å². The first-order chi connectivity index (χ1) is 9.20. The predicted molar refractivity (Wildman–Crippen MR) is 76.3 cm³/mol. The fourth-order valence-corrected chi connectivity index (χ4v) is 2.94. The van der Waals surface area contributed by atoms with Crippen molar-refractivity contribution in [3.05, 3.63) is 57.1 Å². The van der Waals surface area contributed by atoms with Gasteiger partial charge in [-0.3, -0.25) is 0 Å². The molecule has 0 bridgehead atoms. The quantitative estimate of drug-likeness (QED) is 0.385. The van der Waals surface area contributed by atoms with Crippen LogP contribution in [0.4, 0.5) is 0 Å². The van der Waals surface area contributed by atoms with E-state index < -0.39 is 0 Å². The molecule has 19 heavy (non-hydrogen) atoms. The van der Waals surface area contributed by atoms with Gasteiger partial charge in [-0.2, -0.15) is 0 Å². The van der Waals surface area contributed by atoms with Gasteiger partial charge in [0.15, 0.2) is 0 Å². The first-order valence-electron chi connectivity index (χ1n) is 6.20. The van der Waals surface area contributed by atoms with Crippen LogP contribution in [-0.4, -0.2) is 10.6 Å². The van der Waals surface area contributed by atoms with Crippen molar-refractivity contribution in [1.82, 2.24) is 4.57 Å². The van der Waals surface area contributed by atoms with Crippen LogP contribution in [0.15, 0.2) is 35.6 Å². The van der Waals surface area contributed by atoms with Crippen LogP contribution in [0.25, 0.3) is 21.7 Å². The molecule has 0 spiro atoms. The second kappa shape index (κ2) is 4.65. The zero-order valence-corrected chi connectivity index (χ0v) is 11.3. The van der Waals surface area contributed by atoms with Crippen molar-refractivity contribution in [3.8, 4) is 11.3 Å². The molecule has 0 aliphatic heterocycles. The molecule has 1 aromatic heterocycles. The average Bonchev–Trinajstić information content (AvgIpc) is 2.91. The fraction of sp³-hybridized carbons (Fsp3) is 0.286. The molecule has 0 radical (unpaired) electrons. The number of halogens is 1. The molecule has 1 aliphatic rings. The van der Waals surface area contributed by atoms with Crippen molar-refractivity contribution in [3.63, 3.8) is 0 Å². The Balaban J connectivity index is 2.03. The number of hydrogen-bond donors (Lipinski definition) is 0. The van der Waals surface area contributed by atoms with Crippen LogP contribution in [0.3, 0.4) is 0 Å². The largest absolute Gasteiger partial charge is 0.347 e. The lowest BCUT2D eigenvalue weighted by Gasteiger charge is -2.11. The first-order valence-corrected chi connectivity index (χ1v) is 6.58. The predicted octanol–water partition coefficient (Wildman–Crippen LogP) is 4.41. The Morgan fingerprint density at radius 2 is 2.32 bits per heavy atom. The van der Waals surface area contributed by atoms with Crippen molar-refractivity contribution < 1.29 is 0 Å². The van der Waals surface area contributed by atoms with Crippen molar-refractivity contribution in [2.45, 2.75) is 25.9 Å². The number of nitrogens with zero attached hydrogens (tertiary/aromatic N) is 4. The maximum Gasteiger partial charge on any atom is 0.0525 e. The Bertz CT molecular complexity index is 683. The van der Waals surface area contributed by atoms with E-state index in [1.807, 2.05) is 19.1 Å². The standard InChI is InChI=1S/C14H13ClN4/c1-9(17-18-16)8-19-6-5-10-7-12-11(14(10)19)3-2-4-13(12)15/h2-6,9H,7-8H2,1H3. The Morgan fingerprint density at radius 3 is 3.11 bits per heavy atom. The Labute approximate surface area is 116 Å². The van der Waals surface area contributed by atoms with Gasteiger partial charge >= 0.3 is 0 Å². The van der Waals surface area contributed by atoms with E-state index in [1.165, 1.54) is 22.4 Å². The summed E-state index contributed by atoms with van der Waals surface area (Å²) in [5.41, 5.74) is 13.4. The molecule has 0 saturated heterocycles. The molecule has 0 fully saturated rings. The van der Waals surface area contributed by atoms with Crippen LogP contribution in [0, 0.1) is 0 Å². The molecular formula is C14H13ClN4. The van der Waals surface area contributed by atoms with Gasteiger partial charge in [0.2, 0.25) is 0 Å². The van der Waals surface area contributed by atoms with Crippen LogP contribution in [-0.2, 0) is 13.0 Å². The molecule has 1 aliphatic carbocycles. The second-order valence-electron chi connectivity index (χ2n) is 4.84. The van der Waals surface area contributed by atoms with E-state index in [-0.39, 0.29) is 6.04 Å². The van der Waals surface area contributed by atoms with Gasteiger partial charge in [-0.05, 0) is 28.8 Å². The molecule has 4 nitrogen and oxygen atoms in total. The third kappa shape index (κ3) is 1.99. The fourth-order valence-electron chi connectivity index (χ4n) is 2.70. The number of hydrogen-bond acceptors (Lipinski definition) is 1. The van der Waals surface area contributed by atoms with Gasteiger partial charge in [-0.25, -0.2) is 0 Å². The third-order valence-corrected chi connectivity index (χ3v) is 3.85. The van der Waals surface area contributed by atoms with Gasteiger partial charge in [-0.1, -0.05) is 35.8 Å². The number of azide groups is 1. The van der Waals surface area contributed by atoms with E-state index in [0.717, 1.165) is 11.4 Å². The zero-order valence-electron chi connectivity index (χ0n) is 10.5. The summed E-state index contributed by atoms with van der Waals surface area (Å²) in [6.07, 6.45) is 2.94. The topological polar surface area (TPSA) is 53.7 Å². The highest BCUT2D eigenvalue weighted by molar-refractivity contribution is 6.32. The molecule has 0 N–H and O–H groups in total. The first kappa shape index (κ1) is 12.2. The minimum Gasteiger partial charge on any atom is -0.347 e. The minimum atomic E-state index is -0.0651. The average molecular weight is 273 g/mol. The van der Waals surface area contributed by atoms with Gasteiger partial charge in [0.1, 0.15) is 0 Å². The number of rotatable bonds is 3. The van der Waals surface area contributed by atoms with Crippen LogP contribution in [0.2, 0.25) is 5.02 Å². The van der Waals surface area contributed by atoms with Gasteiger partial charge in [0.05, 0.1) is 11.7 Å². The Morgan fingerprint density at radius 1 is 1.47 bits per heavy atom. The summed E-state index contributed by atoms with van der Waals surface area (Å²) in [6, 6.07) is 8.06. The number of benzene rings is 1. The van der Waals surface area contributed by atoms with E-state index in [4.69, 9.17) is 17.1 Å². The van der Waals surface area contributed by atoms with Crippen LogP contribution < -0.4 is 0 Å². The molecule has 3 rings (SSSR count). The van der Waals surface area contributed by atoms with Crippen LogP contribution in [0.5, 0.6) is 0 Å². The number of aromatic nitrogens is 1. The van der Waals surface area contributed by atoms with Gasteiger partial charge in [0.25, 0.3) is 0 Å². The molecule has 5 heteroatoms. The monoisotopic (exact) mass is 272 g/mol. The van der Waals surface area contributed by atoms with Crippen molar-refractivity contribution in [1.29, 1.82) is 0 Å².